The third-order valence-electron chi connectivity index (χ3n) is 3.46. The molecule has 0 aliphatic rings. The monoisotopic (exact) mass is 293 g/mol. The SMILES string of the molecule is CCNc1nc(C(C)C)nc(N(C)CCCN(C)C)c1C. The first kappa shape index (κ1) is 17.7. The average molecular weight is 293 g/mol. The lowest BCUT2D eigenvalue weighted by Gasteiger charge is -2.23. The van der Waals surface area contributed by atoms with E-state index in [0.717, 1.165) is 49.1 Å². The number of anilines is 2. The van der Waals surface area contributed by atoms with Gasteiger partial charge in [-0.1, -0.05) is 13.8 Å². The summed E-state index contributed by atoms with van der Waals surface area (Å²) in [4.78, 5) is 13.9. The van der Waals surface area contributed by atoms with Crippen molar-refractivity contribution >= 4 is 11.6 Å². The topological polar surface area (TPSA) is 44.3 Å². The highest BCUT2D eigenvalue weighted by atomic mass is 15.2. The predicted octanol–water partition coefficient (Wildman–Crippen LogP) is 2.73. The summed E-state index contributed by atoms with van der Waals surface area (Å²) in [6.45, 7) is 11.4. The summed E-state index contributed by atoms with van der Waals surface area (Å²) in [5.41, 5.74) is 1.13. The lowest BCUT2D eigenvalue weighted by Crippen LogP contribution is -2.26. The van der Waals surface area contributed by atoms with E-state index in [1.54, 1.807) is 0 Å². The Hall–Kier alpha value is -1.36. The first-order valence-electron chi connectivity index (χ1n) is 7.85. The van der Waals surface area contributed by atoms with Gasteiger partial charge in [-0.3, -0.25) is 0 Å². The van der Waals surface area contributed by atoms with Gasteiger partial charge >= 0.3 is 0 Å². The Kier molecular flexibility index (Phi) is 6.89. The zero-order valence-electron chi connectivity index (χ0n) is 14.7. The van der Waals surface area contributed by atoms with Crippen LogP contribution in [0.3, 0.4) is 0 Å². The van der Waals surface area contributed by atoms with Crippen molar-refractivity contribution in [3.8, 4) is 0 Å². The van der Waals surface area contributed by atoms with Crippen LogP contribution in [0.1, 0.15) is 44.5 Å². The Labute approximate surface area is 129 Å². The largest absolute Gasteiger partial charge is 0.370 e. The van der Waals surface area contributed by atoms with E-state index in [1.165, 1.54) is 0 Å². The van der Waals surface area contributed by atoms with E-state index in [9.17, 15) is 0 Å². The van der Waals surface area contributed by atoms with Gasteiger partial charge in [0.1, 0.15) is 17.5 Å². The molecular formula is C16H31N5. The van der Waals surface area contributed by atoms with E-state index in [0.29, 0.717) is 5.92 Å². The molecule has 1 N–H and O–H groups in total. The predicted molar refractivity (Wildman–Crippen MR) is 91.5 cm³/mol. The van der Waals surface area contributed by atoms with Crippen molar-refractivity contribution < 1.29 is 0 Å². The summed E-state index contributed by atoms with van der Waals surface area (Å²) in [5, 5.41) is 3.35. The number of nitrogens with one attached hydrogen (secondary N) is 1. The Morgan fingerprint density at radius 3 is 2.29 bits per heavy atom. The maximum atomic E-state index is 4.77. The van der Waals surface area contributed by atoms with Crippen LogP contribution >= 0.6 is 0 Å². The molecule has 0 aliphatic heterocycles. The summed E-state index contributed by atoms with van der Waals surface area (Å²) in [7, 11) is 6.33. The second kappa shape index (κ2) is 8.17. The van der Waals surface area contributed by atoms with Crippen LogP contribution in [0.4, 0.5) is 11.6 Å². The van der Waals surface area contributed by atoms with E-state index < -0.39 is 0 Å². The van der Waals surface area contributed by atoms with Gasteiger partial charge in [-0.15, -0.1) is 0 Å². The lowest BCUT2D eigenvalue weighted by atomic mass is 10.2. The van der Waals surface area contributed by atoms with Crippen LogP contribution in [-0.4, -0.2) is 55.6 Å². The van der Waals surface area contributed by atoms with Crippen molar-refractivity contribution in [3.05, 3.63) is 11.4 Å². The molecule has 21 heavy (non-hydrogen) atoms. The minimum Gasteiger partial charge on any atom is -0.370 e. The van der Waals surface area contributed by atoms with Gasteiger partial charge in [0.15, 0.2) is 0 Å². The smallest absolute Gasteiger partial charge is 0.137 e. The molecule has 0 unspecified atom stereocenters. The van der Waals surface area contributed by atoms with Crippen molar-refractivity contribution in [2.75, 3.05) is 51.0 Å². The first-order chi connectivity index (χ1) is 9.86. The maximum absolute atomic E-state index is 4.77. The van der Waals surface area contributed by atoms with Crippen LogP contribution in [0, 0.1) is 6.92 Å². The van der Waals surface area contributed by atoms with E-state index in [4.69, 9.17) is 4.98 Å². The molecule has 0 atom stereocenters. The molecular weight excluding hydrogens is 262 g/mol. The van der Waals surface area contributed by atoms with Crippen molar-refractivity contribution in [2.45, 2.75) is 40.0 Å². The van der Waals surface area contributed by atoms with Crippen molar-refractivity contribution in [1.82, 2.24) is 14.9 Å². The fourth-order valence-electron chi connectivity index (χ4n) is 2.22. The van der Waals surface area contributed by atoms with Gasteiger partial charge in [0.25, 0.3) is 0 Å². The molecule has 0 amide bonds. The van der Waals surface area contributed by atoms with Crippen molar-refractivity contribution in [3.63, 3.8) is 0 Å². The highest BCUT2D eigenvalue weighted by molar-refractivity contribution is 5.58. The van der Waals surface area contributed by atoms with Crippen LogP contribution < -0.4 is 10.2 Å². The third kappa shape index (κ3) is 5.16. The molecule has 5 nitrogen and oxygen atoms in total. The molecule has 120 valence electrons. The summed E-state index contributed by atoms with van der Waals surface area (Å²) in [6.07, 6.45) is 1.13. The minimum absolute atomic E-state index is 0.330. The third-order valence-corrected chi connectivity index (χ3v) is 3.46. The van der Waals surface area contributed by atoms with Crippen molar-refractivity contribution in [2.24, 2.45) is 0 Å². The molecule has 1 aromatic rings. The van der Waals surface area contributed by atoms with E-state index in [1.807, 2.05) is 0 Å². The van der Waals surface area contributed by atoms with Gasteiger partial charge in [-0.25, -0.2) is 9.97 Å². The zero-order chi connectivity index (χ0) is 16.0. The maximum Gasteiger partial charge on any atom is 0.137 e. The van der Waals surface area contributed by atoms with Gasteiger partial charge in [0.2, 0.25) is 0 Å². The van der Waals surface area contributed by atoms with Crippen LogP contribution in [-0.2, 0) is 0 Å². The summed E-state index contributed by atoms with van der Waals surface area (Å²) in [5.74, 6) is 3.25. The first-order valence-corrected chi connectivity index (χ1v) is 7.85. The quantitative estimate of drug-likeness (QED) is 0.798. The van der Waals surface area contributed by atoms with E-state index >= 15 is 0 Å². The second-order valence-electron chi connectivity index (χ2n) is 6.14. The average Bonchev–Trinajstić information content (AvgIpc) is 2.40. The molecule has 0 fully saturated rings. The number of aromatic nitrogens is 2. The van der Waals surface area contributed by atoms with Gasteiger partial charge in [-0.2, -0.15) is 0 Å². The fraction of sp³-hybridized carbons (Fsp3) is 0.750. The van der Waals surface area contributed by atoms with Crippen LogP contribution in [0.15, 0.2) is 0 Å². The zero-order valence-corrected chi connectivity index (χ0v) is 14.7. The highest BCUT2D eigenvalue weighted by Crippen LogP contribution is 2.25. The van der Waals surface area contributed by atoms with Crippen LogP contribution in [0.25, 0.3) is 0 Å². The molecule has 0 radical (unpaired) electrons. The molecule has 0 aliphatic carbocycles. The Balaban J connectivity index is 2.97. The molecule has 0 bridgehead atoms. The summed E-state index contributed by atoms with van der Waals surface area (Å²) >= 11 is 0. The standard InChI is InChI=1S/C16H31N5/c1-8-17-15-13(4)16(19-14(18-15)12(2)3)21(7)11-9-10-20(5)6/h12H,8-11H2,1-7H3,(H,17,18,19). The summed E-state index contributed by atoms with van der Waals surface area (Å²) < 4.78 is 0. The van der Waals surface area contributed by atoms with Gasteiger partial charge in [0, 0.05) is 31.6 Å². The minimum atomic E-state index is 0.330. The van der Waals surface area contributed by atoms with Gasteiger partial charge in [-0.05, 0) is 40.9 Å². The Bertz CT molecular complexity index is 443. The lowest BCUT2D eigenvalue weighted by molar-refractivity contribution is 0.401. The summed E-state index contributed by atoms with van der Waals surface area (Å²) in [6, 6.07) is 0. The molecule has 1 heterocycles. The highest BCUT2D eigenvalue weighted by Gasteiger charge is 2.15. The number of nitrogens with zero attached hydrogens (tertiary/aromatic N) is 4. The number of hydrogen-bond donors (Lipinski definition) is 1. The molecule has 0 saturated carbocycles. The molecule has 0 saturated heterocycles. The second-order valence-corrected chi connectivity index (χ2v) is 6.14. The van der Waals surface area contributed by atoms with Crippen LogP contribution in [0.5, 0.6) is 0 Å². The Morgan fingerprint density at radius 1 is 1.10 bits per heavy atom. The van der Waals surface area contributed by atoms with Gasteiger partial charge in [0.05, 0.1) is 0 Å². The normalized spacial score (nSPS) is 11.3. The molecule has 0 spiro atoms. The fourth-order valence-corrected chi connectivity index (χ4v) is 2.22. The molecule has 1 rings (SSSR count). The van der Waals surface area contributed by atoms with Gasteiger partial charge < -0.3 is 15.1 Å². The number of hydrogen-bond acceptors (Lipinski definition) is 5. The molecule has 1 aromatic heterocycles. The van der Waals surface area contributed by atoms with Crippen molar-refractivity contribution in [1.29, 1.82) is 0 Å². The Morgan fingerprint density at radius 2 is 1.76 bits per heavy atom. The number of rotatable bonds is 8. The molecule has 0 aromatic carbocycles. The van der Waals surface area contributed by atoms with E-state index in [-0.39, 0.29) is 0 Å². The van der Waals surface area contributed by atoms with E-state index in [2.05, 4.69) is 68.9 Å². The van der Waals surface area contributed by atoms with Crippen LogP contribution in [0.2, 0.25) is 0 Å². The molecule has 5 heteroatoms.